The predicted molar refractivity (Wildman–Crippen MR) is 85.0 cm³/mol. The van der Waals surface area contributed by atoms with Gasteiger partial charge in [-0.15, -0.1) is 34.0 Å². The molecule has 3 heterocycles. The van der Waals surface area contributed by atoms with Crippen molar-refractivity contribution in [3.05, 3.63) is 38.5 Å². The standard InChI is InChI=1S/C13H11N3OS3/c1-7-3-4-10(20-7)9-5-18-13(15-9)16-12(17)11-8(2)14-6-19-11/h3-6H,1-2H3,(H,15,16,17). The van der Waals surface area contributed by atoms with Crippen LogP contribution < -0.4 is 5.32 Å². The number of amides is 1. The zero-order valence-electron chi connectivity index (χ0n) is 10.8. The lowest BCUT2D eigenvalue weighted by atomic mass is 10.4. The molecular weight excluding hydrogens is 310 g/mol. The van der Waals surface area contributed by atoms with Gasteiger partial charge in [0.15, 0.2) is 5.13 Å². The second-order valence-corrected chi connectivity index (χ2v) is 7.17. The van der Waals surface area contributed by atoms with E-state index in [1.165, 1.54) is 27.6 Å². The first-order valence-electron chi connectivity index (χ1n) is 5.87. The van der Waals surface area contributed by atoms with E-state index in [1.807, 2.05) is 18.4 Å². The molecule has 3 aromatic heterocycles. The van der Waals surface area contributed by atoms with Crippen LogP contribution in [-0.2, 0) is 0 Å². The molecule has 0 spiro atoms. The third-order valence-electron chi connectivity index (χ3n) is 2.67. The molecule has 0 bridgehead atoms. The lowest BCUT2D eigenvalue weighted by Crippen LogP contribution is -2.11. The first-order chi connectivity index (χ1) is 9.63. The summed E-state index contributed by atoms with van der Waals surface area (Å²) in [7, 11) is 0. The molecule has 1 N–H and O–H groups in total. The van der Waals surface area contributed by atoms with E-state index in [0.29, 0.717) is 10.0 Å². The second-order valence-electron chi connectivity index (χ2n) is 4.17. The van der Waals surface area contributed by atoms with Gasteiger partial charge in [-0.05, 0) is 26.0 Å². The third kappa shape index (κ3) is 2.65. The number of hydrogen-bond acceptors (Lipinski definition) is 6. The summed E-state index contributed by atoms with van der Waals surface area (Å²) in [6, 6.07) is 4.12. The third-order valence-corrected chi connectivity index (χ3v) is 5.38. The monoisotopic (exact) mass is 321 g/mol. The Morgan fingerprint density at radius 1 is 1.25 bits per heavy atom. The SMILES string of the molecule is Cc1ccc(-c2csc(NC(=O)c3scnc3C)n2)s1. The molecule has 102 valence electrons. The molecule has 3 rings (SSSR count). The van der Waals surface area contributed by atoms with E-state index >= 15 is 0 Å². The van der Waals surface area contributed by atoms with Crippen molar-refractivity contribution in [2.75, 3.05) is 5.32 Å². The highest BCUT2D eigenvalue weighted by Gasteiger charge is 2.14. The molecule has 20 heavy (non-hydrogen) atoms. The van der Waals surface area contributed by atoms with Gasteiger partial charge in [-0.3, -0.25) is 10.1 Å². The number of carbonyl (C=O) groups is 1. The molecule has 0 radical (unpaired) electrons. The normalized spacial score (nSPS) is 10.7. The average molecular weight is 321 g/mol. The number of anilines is 1. The molecule has 0 fully saturated rings. The van der Waals surface area contributed by atoms with Crippen LogP contribution in [0, 0.1) is 13.8 Å². The van der Waals surface area contributed by atoms with Crippen molar-refractivity contribution in [2.24, 2.45) is 0 Å². The van der Waals surface area contributed by atoms with Crippen molar-refractivity contribution < 1.29 is 4.79 Å². The van der Waals surface area contributed by atoms with Crippen LogP contribution in [-0.4, -0.2) is 15.9 Å². The summed E-state index contributed by atoms with van der Waals surface area (Å²) < 4.78 is 0. The fraction of sp³-hybridized carbons (Fsp3) is 0.154. The van der Waals surface area contributed by atoms with Crippen molar-refractivity contribution in [3.63, 3.8) is 0 Å². The molecule has 4 nitrogen and oxygen atoms in total. The molecule has 0 saturated heterocycles. The highest BCUT2D eigenvalue weighted by molar-refractivity contribution is 7.17. The Kier molecular flexibility index (Phi) is 3.64. The van der Waals surface area contributed by atoms with Gasteiger partial charge in [-0.2, -0.15) is 0 Å². The molecule has 3 aromatic rings. The van der Waals surface area contributed by atoms with Crippen LogP contribution in [0.4, 0.5) is 5.13 Å². The van der Waals surface area contributed by atoms with Crippen LogP contribution in [0.3, 0.4) is 0 Å². The van der Waals surface area contributed by atoms with Crippen LogP contribution in [0.1, 0.15) is 20.2 Å². The van der Waals surface area contributed by atoms with Crippen LogP contribution in [0.5, 0.6) is 0 Å². The van der Waals surface area contributed by atoms with Gasteiger partial charge < -0.3 is 0 Å². The Morgan fingerprint density at radius 2 is 2.10 bits per heavy atom. The lowest BCUT2D eigenvalue weighted by molar-refractivity contribution is 0.103. The summed E-state index contributed by atoms with van der Waals surface area (Å²) in [5, 5.41) is 5.40. The zero-order valence-corrected chi connectivity index (χ0v) is 13.3. The van der Waals surface area contributed by atoms with Gasteiger partial charge in [0.05, 0.1) is 21.8 Å². The molecule has 0 aromatic carbocycles. The minimum atomic E-state index is -0.145. The molecule has 0 aliphatic rings. The van der Waals surface area contributed by atoms with Crippen molar-refractivity contribution >= 4 is 45.0 Å². The minimum Gasteiger partial charge on any atom is -0.297 e. The number of nitrogens with zero attached hydrogens (tertiary/aromatic N) is 2. The molecule has 1 amide bonds. The summed E-state index contributed by atoms with van der Waals surface area (Å²) >= 11 is 4.47. The van der Waals surface area contributed by atoms with Crippen molar-refractivity contribution in [1.29, 1.82) is 0 Å². The topological polar surface area (TPSA) is 54.9 Å². The zero-order chi connectivity index (χ0) is 14.1. The van der Waals surface area contributed by atoms with E-state index in [2.05, 4.69) is 28.3 Å². The van der Waals surface area contributed by atoms with E-state index < -0.39 is 0 Å². The Bertz CT molecular complexity index is 756. The van der Waals surface area contributed by atoms with Crippen LogP contribution in [0.2, 0.25) is 0 Å². The smallest absolute Gasteiger partial charge is 0.269 e. The van der Waals surface area contributed by atoms with Crippen LogP contribution >= 0.6 is 34.0 Å². The maximum absolute atomic E-state index is 12.1. The molecular formula is C13H11N3OS3. The molecule has 0 aliphatic carbocycles. The summed E-state index contributed by atoms with van der Waals surface area (Å²) in [6.07, 6.45) is 0. The summed E-state index contributed by atoms with van der Waals surface area (Å²) in [5.41, 5.74) is 3.33. The second kappa shape index (κ2) is 5.43. The van der Waals surface area contributed by atoms with E-state index in [1.54, 1.807) is 16.8 Å². The fourth-order valence-corrected chi connectivity index (χ4v) is 4.00. The van der Waals surface area contributed by atoms with E-state index in [0.717, 1.165) is 16.3 Å². The molecule has 0 atom stereocenters. The maximum atomic E-state index is 12.1. The van der Waals surface area contributed by atoms with Gasteiger partial charge in [0.1, 0.15) is 4.88 Å². The number of nitrogens with one attached hydrogen (secondary N) is 1. The minimum absolute atomic E-state index is 0.145. The van der Waals surface area contributed by atoms with Gasteiger partial charge in [0.2, 0.25) is 0 Å². The van der Waals surface area contributed by atoms with Gasteiger partial charge >= 0.3 is 0 Å². The average Bonchev–Trinajstić information content (AvgIpc) is 3.10. The summed E-state index contributed by atoms with van der Waals surface area (Å²) in [4.78, 5) is 23.6. The largest absolute Gasteiger partial charge is 0.297 e. The van der Waals surface area contributed by atoms with Crippen LogP contribution in [0.15, 0.2) is 23.0 Å². The number of carbonyl (C=O) groups excluding carboxylic acids is 1. The number of aromatic nitrogens is 2. The lowest BCUT2D eigenvalue weighted by Gasteiger charge is -1.98. The Balaban J connectivity index is 1.78. The molecule has 0 saturated carbocycles. The number of hydrogen-bond donors (Lipinski definition) is 1. The highest BCUT2D eigenvalue weighted by Crippen LogP contribution is 2.30. The fourth-order valence-electron chi connectivity index (χ4n) is 1.69. The number of aryl methyl sites for hydroxylation is 2. The summed E-state index contributed by atoms with van der Waals surface area (Å²) in [6.45, 7) is 3.89. The first-order valence-corrected chi connectivity index (χ1v) is 8.45. The van der Waals surface area contributed by atoms with E-state index in [9.17, 15) is 4.79 Å². The first kappa shape index (κ1) is 13.4. The molecule has 0 unspecified atom stereocenters. The quantitative estimate of drug-likeness (QED) is 0.786. The Labute approximate surface area is 128 Å². The molecule has 0 aliphatic heterocycles. The Hall–Kier alpha value is -1.57. The number of rotatable bonds is 3. The van der Waals surface area contributed by atoms with Gasteiger partial charge in [-0.25, -0.2) is 9.97 Å². The van der Waals surface area contributed by atoms with E-state index in [4.69, 9.17) is 0 Å². The van der Waals surface area contributed by atoms with Gasteiger partial charge in [0, 0.05) is 10.3 Å². The van der Waals surface area contributed by atoms with Crippen molar-refractivity contribution in [3.8, 4) is 10.6 Å². The van der Waals surface area contributed by atoms with Gasteiger partial charge in [-0.1, -0.05) is 0 Å². The highest BCUT2D eigenvalue weighted by atomic mass is 32.1. The number of thiophene rings is 1. The van der Waals surface area contributed by atoms with E-state index in [-0.39, 0.29) is 5.91 Å². The van der Waals surface area contributed by atoms with Gasteiger partial charge in [0.25, 0.3) is 5.91 Å². The number of thiazole rings is 2. The summed E-state index contributed by atoms with van der Waals surface area (Å²) in [5.74, 6) is -0.145. The maximum Gasteiger partial charge on any atom is 0.269 e. The van der Waals surface area contributed by atoms with Crippen molar-refractivity contribution in [2.45, 2.75) is 13.8 Å². The Morgan fingerprint density at radius 3 is 2.75 bits per heavy atom. The molecule has 7 heteroatoms. The van der Waals surface area contributed by atoms with Crippen LogP contribution in [0.25, 0.3) is 10.6 Å². The predicted octanol–water partition coefficient (Wildman–Crippen LogP) is 4.20. The van der Waals surface area contributed by atoms with Crippen molar-refractivity contribution in [1.82, 2.24) is 9.97 Å².